The highest BCUT2D eigenvalue weighted by molar-refractivity contribution is 9.10. The second-order valence-corrected chi connectivity index (χ2v) is 10.2. The average molecular weight is 532 g/mol. The van der Waals surface area contributed by atoms with Crippen LogP contribution in [0.2, 0.25) is 0 Å². The van der Waals surface area contributed by atoms with Gasteiger partial charge in [0.15, 0.2) is 5.11 Å². The van der Waals surface area contributed by atoms with Crippen molar-refractivity contribution in [1.29, 1.82) is 0 Å². The Kier molecular flexibility index (Phi) is 6.18. The smallest absolute Gasteiger partial charge is 0.264 e. The standard InChI is InChI=1S/C22H18BrN3O4S2/c23-18-13-15(5-10-20(18)27)21(28)25-22(31)24-16-6-8-17(9-7-16)32(29,30)26-12-11-14-3-1-2-4-19(14)26/h1-10,13,27H,11-12H2,(H2,24,25,28,31). The number of amides is 1. The summed E-state index contributed by atoms with van der Waals surface area (Å²) >= 11 is 8.34. The number of sulfonamides is 1. The van der Waals surface area contributed by atoms with Crippen molar-refractivity contribution in [2.45, 2.75) is 11.3 Å². The molecule has 32 heavy (non-hydrogen) atoms. The number of fused-ring (bicyclic) bond motifs is 1. The summed E-state index contributed by atoms with van der Waals surface area (Å²) in [4.78, 5) is 12.5. The van der Waals surface area contributed by atoms with Crippen molar-refractivity contribution in [3.05, 3.63) is 82.3 Å². The second kappa shape index (κ2) is 8.89. The van der Waals surface area contributed by atoms with Crippen molar-refractivity contribution in [3.63, 3.8) is 0 Å². The minimum absolute atomic E-state index is 0.0229. The first kappa shape index (κ1) is 22.3. The minimum atomic E-state index is -3.68. The molecule has 0 saturated carbocycles. The molecule has 0 fully saturated rings. The number of phenols is 1. The molecule has 4 rings (SSSR count). The third-order valence-corrected chi connectivity index (χ3v) is 7.65. The lowest BCUT2D eigenvalue weighted by Gasteiger charge is -2.19. The van der Waals surface area contributed by atoms with E-state index in [0.717, 1.165) is 5.56 Å². The zero-order valence-electron chi connectivity index (χ0n) is 16.6. The van der Waals surface area contributed by atoms with Gasteiger partial charge in [-0.2, -0.15) is 0 Å². The predicted molar refractivity (Wildman–Crippen MR) is 131 cm³/mol. The van der Waals surface area contributed by atoms with E-state index in [1.54, 1.807) is 12.1 Å². The lowest BCUT2D eigenvalue weighted by atomic mass is 10.2. The van der Waals surface area contributed by atoms with Gasteiger partial charge in [-0.3, -0.25) is 14.4 Å². The maximum atomic E-state index is 13.1. The number of hydrogen-bond acceptors (Lipinski definition) is 5. The van der Waals surface area contributed by atoms with Crippen LogP contribution in [0.25, 0.3) is 0 Å². The van der Waals surface area contributed by atoms with Gasteiger partial charge in [0.05, 0.1) is 15.1 Å². The van der Waals surface area contributed by atoms with E-state index in [9.17, 15) is 18.3 Å². The number of benzene rings is 3. The molecule has 0 spiro atoms. The number of halogens is 1. The van der Waals surface area contributed by atoms with Gasteiger partial charge in [-0.1, -0.05) is 18.2 Å². The highest BCUT2D eigenvalue weighted by Crippen LogP contribution is 2.32. The number of carbonyl (C=O) groups is 1. The molecule has 7 nitrogen and oxygen atoms in total. The molecule has 0 unspecified atom stereocenters. The Balaban J connectivity index is 1.43. The number of hydrogen-bond donors (Lipinski definition) is 3. The number of thiocarbonyl (C=S) groups is 1. The van der Waals surface area contributed by atoms with Gasteiger partial charge in [-0.15, -0.1) is 0 Å². The SMILES string of the molecule is O=C(NC(=S)Nc1ccc(S(=O)(=O)N2CCc3ccccc32)cc1)c1ccc(O)c(Br)c1. The molecule has 0 aliphatic carbocycles. The van der Waals surface area contributed by atoms with Gasteiger partial charge in [-0.05, 0) is 88.7 Å². The lowest BCUT2D eigenvalue weighted by molar-refractivity contribution is 0.0977. The lowest BCUT2D eigenvalue weighted by Crippen LogP contribution is -2.34. The number of phenolic OH excluding ortho intramolecular Hbond substituents is 1. The van der Waals surface area contributed by atoms with Crippen LogP contribution in [0, 0.1) is 0 Å². The van der Waals surface area contributed by atoms with E-state index < -0.39 is 15.9 Å². The van der Waals surface area contributed by atoms with Gasteiger partial charge in [0.2, 0.25) is 0 Å². The Hall–Kier alpha value is -2.95. The topological polar surface area (TPSA) is 98.7 Å². The molecule has 10 heteroatoms. The first-order valence-corrected chi connectivity index (χ1v) is 12.2. The molecule has 0 radical (unpaired) electrons. The fraction of sp³-hybridized carbons (Fsp3) is 0.0909. The highest BCUT2D eigenvalue weighted by atomic mass is 79.9. The molecule has 0 saturated heterocycles. The Bertz CT molecular complexity index is 1310. The van der Waals surface area contributed by atoms with Gasteiger partial charge in [0, 0.05) is 17.8 Å². The maximum Gasteiger partial charge on any atom is 0.264 e. The number of nitrogens with one attached hydrogen (secondary N) is 2. The van der Waals surface area contributed by atoms with E-state index in [2.05, 4.69) is 26.6 Å². The van der Waals surface area contributed by atoms with Gasteiger partial charge in [0.1, 0.15) is 5.75 Å². The number of para-hydroxylation sites is 1. The molecular formula is C22H18BrN3O4S2. The predicted octanol–water partition coefficient (Wildman–Crippen LogP) is 4.03. The Morgan fingerprint density at radius 1 is 1.06 bits per heavy atom. The van der Waals surface area contributed by atoms with E-state index in [1.807, 2.05) is 24.3 Å². The summed E-state index contributed by atoms with van der Waals surface area (Å²) in [5.74, 6) is -0.426. The van der Waals surface area contributed by atoms with Crippen molar-refractivity contribution < 1.29 is 18.3 Å². The van der Waals surface area contributed by atoms with Crippen LogP contribution in [0.15, 0.2) is 76.1 Å². The Morgan fingerprint density at radius 3 is 2.50 bits per heavy atom. The van der Waals surface area contributed by atoms with Crippen molar-refractivity contribution >= 4 is 60.6 Å². The van der Waals surface area contributed by atoms with Gasteiger partial charge in [-0.25, -0.2) is 8.42 Å². The van der Waals surface area contributed by atoms with Gasteiger partial charge in [0.25, 0.3) is 15.9 Å². The van der Waals surface area contributed by atoms with Crippen LogP contribution in [-0.4, -0.2) is 31.1 Å². The third-order valence-electron chi connectivity index (χ3n) is 4.98. The van der Waals surface area contributed by atoms with Crippen molar-refractivity contribution in [2.75, 3.05) is 16.2 Å². The van der Waals surface area contributed by atoms with Crippen LogP contribution in [0.5, 0.6) is 5.75 Å². The van der Waals surface area contributed by atoms with Gasteiger partial charge < -0.3 is 10.4 Å². The summed E-state index contributed by atoms with van der Waals surface area (Å²) in [6.45, 7) is 0.408. The largest absolute Gasteiger partial charge is 0.507 e. The monoisotopic (exact) mass is 531 g/mol. The van der Waals surface area contributed by atoms with E-state index in [1.165, 1.54) is 34.6 Å². The first-order chi connectivity index (χ1) is 15.3. The number of aromatic hydroxyl groups is 1. The van der Waals surface area contributed by atoms with Crippen LogP contribution in [0.1, 0.15) is 15.9 Å². The van der Waals surface area contributed by atoms with E-state index in [0.29, 0.717) is 34.4 Å². The van der Waals surface area contributed by atoms with Crippen LogP contribution in [0.3, 0.4) is 0 Å². The quantitative estimate of drug-likeness (QED) is 0.439. The van der Waals surface area contributed by atoms with Crippen LogP contribution >= 0.6 is 28.1 Å². The molecule has 3 N–H and O–H groups in total. The third kappa shape index (κ3) is 4.47. The average Bonchev–Trinajstić information content (AvgIpc) is 3.21. The fourth-order valence-corrected chi connectivity index (χ4v) is 5.47. The maximum absolute atomic E-state index is 13.1. The summed E-state index contributed by atoms with van der Waals surface area (Å²) in [6.07, 6.45) is 0.681. The molecule has 164 valence electrons. The zero-order chi connectivity index (χ0) is 22.9. The summed E-state index contributed by atoms with van der Waals surface area (Å²) < 4.78 is 28.0. The molecule has 0 atom stereocenters. The molecular weight excluding hydrogens is 514 g/mol. The molecule has 0 bridgehead atoms. The first-order valence-electron chi connectivity index (χ1n) is 9.57. The number of anilines is 2. The number of rotatable bonds is 4. The Labute approximate surface area is 199 Å². The molecule has 1 heterocycles. The van der Waals surface area contributed by atoms with E-state index >= 15 is 0 Å². The molecule has 3 aromatic rings. The van der Waals surface area contributed by atoms with Crippen LogP contribution < -0.4 is 14.9 Å². The van der Waals surface area contributed by atoms with Crippen LogP contribution in [-0.2, 0) is 16.4 Å². The highest BCUT2D eigenvalue weighted by Gasteiger charge is 2.30. The van der Waals surface area contributed by atoms with E-state index in [-0.39, 0.29) is 15.8 Å². The van der Waals surface area contributed by atoms with Crippen molar-refractivity contribution in [1.82, 2.24) is 5.32 Å². The van der Waals surface area contributed by atoms with Gasteiger partial charge >= 0.3 is 0 Å². The van der Waals surface area contributed by atoms with Crippen LogP contribution in [0.4, 0.5) is 11.4 Å². The fourth-order valence-electron chi connectivity index (χ4n) is 3.38. The minimum Gasteiger partial charge on any atom is -0.507 e. The summed E-state index contributed by atoms with van der Waals surface area (Å²) in [7, 11) is -3.68. The molecule has 3 aromatic carbocycles. The van der Waals surface area contributed by atoms with Crippen molar-refractivity contribution in [3.8, 4) is 5.75 Å². The van der Waals surface area contributed by atoms with Crippen molar-refractivity contribution in [2.24, 2.45) is 0 Å². The normalized spacial score (nSPS) is 12.8. The number of nitrogens with zero attached hydrogens (tertiary/aromatic N) is 1. The summed E-state index contributed by atoms with van der Waals surface area (Å²) in [5.41, 5.74) is 2.56. The molecule has 1 amide bonds. The number of carbonyl (C=O) groups excluding carboxylic acids is 1. The van der Waals surface area contributed by atoms with E-state index in [4.69, 9.17) is 12.2 Å². The summed E-state index contributed by atoms with van der Waals surface area (Å²) in [5, 5.41) is 15.0. The molecule has 1 aliphatic heterocycles. The molecule has 0 aromatic heterocycles. The Morgan fingerprint density at radius 2 is 1.78 bits per heavy atom. The second-order valence-electron chi connectivity index (χ2n) is 7.05. The molecule has 1 aliphatic rings. The summed E-state index contributed by atoms with van der Waals surface area (Å²) in [6, 6.07) is 18.0. The zero-order valence-corrected chi connectivity index (χ0v) is 19.8.